The van der Waals surface area contributed by atoms with Crippen LogP contribution in [0.2, 0.25) is 0 Å². The van der Waals surface area contributed by atoms with Crippen molar-refractivity contribution >= 4 is 11.8 Å². The van der Waals surface area contributed by atoms with Crippen molar-refractivity contribution in [3.8, 4) is 0 Å². The normalized spacial score (nSPS) is 16.0. The molecule has 1 aliphatic rings. The molecule has 23 heavy (non-hydrogen) atoms. The van der Waals surface area contributed by atoms with Gasteiger partial charge in [-0.2, -0.15) is 0 Å². The molecule has 1 N–H and O–H groups in total. The van der Waals surface area contributed by atoms with E-state index in [1.54, 1.807) is 0 Å². The summed E-state index contributed by atoms with van der Waals surface area (Å²) in [6.07, 6.45) is 1.85. The number of aryl methyl sites for hydroxylation is 1. The SMILES string of the molecule is CCCNC(=O)CN1CCCN(C(=O)c2cccc(C)c2)CC1. The van der Waals surface area contributed by atoms with Crippen LogP contribution in [0.15, 0.2) is 24.3 Å². The van der Waals surface area contributed by atoms with Crippen LogP contribution in [0.4, 0.5) is 0 Å². The van der Waals surface area contributed by atoms with Crippen LogP contribution in [0, 0.1) is 6.92 Å². The first kappa shape index (κ1) is 17.5. The summed E-state index contributed by atoms with van der Waals surface area (Å²) in [5.74, 6) is 0.163. The Morgan fingerprint density at radius 1 is 1.17 bits per heavy atom. The highest BCUT2D eigenvalue weighted by atomic mass is 16.2. The van der Waals surface area contributed by atoms with Gasteiger partial charge in [-0.15, -0.1) is 0 Å². The molecule has 5 nitrogen and oxygen atoms in total. The lowest BCUT2D eigenvalue weighted by atomic mass is 10.1. The fourth-order valence-electron chi connectivity index (χ4n) is 2.82. The Balaban J connectivity index is 1.88. The van der Waals surface area contributed by atoms with E-state index in [-0.39, 0.29) is 11.8 Å². The van der Waals surface area contributed by atoms with Crippen LogP contribution in [-0.4, -0.2) is 60.9 Å². The number of hydrogen-bond donors (Lipinski definition) is 1. The van der Waals surface area contributed by atoms with E-state index in [4.69, 9.17) is 0 Å². The molecule has 0 aliphatic carbocycles. The summed E-state index contributed by atoms with van der Waals surface area (Å²) < 4.78 is 0. The van der Waals surface area contributed by atoms with Crippen LogP contribution < -0.4 is 5.32 Å². The number of hydrogen-bond acceptors (Lipinski definition) is 3. The number of nitrogens with zero attached hydrogens (tertiary/aromatic N) is 2. The molecule has 126 valence electrons. The van der Waals surface area contributed by atoms with Gasteiger partial charge in [-0.1, -0.05) is 24.6 Å². The fraction of sp³-hybridized carbons (Fsp3) is 0.556. The van der Waals surface area contributed by atoms with E-state index in [1.165, 1.54) is 0 Å². The lowest BCUT2D eigenvalue weighted by Crippen LogP contribution is -2.40. The molecule has 2 rings (SSSR count). The van der Waals surface area contributed by atoms with Gasteiger partial charge in [-0.05, 0) is 31.9 Å². The highest BCUT2D eigenvalue weighted by molar-refractivity contribution is 5.94. The molecule has 1 fully saturated rings. The van der Waals surface area contributed by atoms with Gasteiger partial charge in [-0.3, -0.25) is 14.5 Å². The van der Waals surface area contributed by atoms with Crippen molar-refractivity contribution in [2.45, 2.75) is 26.7 Å². The smallest absolute Gasteiger partial charge is 0.253 e. The largest absolute Gasteiger partial charge is 0.355 e. The van der Waals surface area contributed by atoms with Crippen molar-refractivity contribution in [1.82, 2.24) is 15.1 Å². The van der Waals surface area contributed by atoms with Gasteiger partial charge in [0.05, 0.1) is 6.54 Å². The van der Waals surface area contributed by atoms with Crippen LogP contribution in [-0.2, 0) is 4.79 Å². The first-order valence-corrected chi connectivity index (χ1v) is 8.45. The highest BCUT2D eigenvalue weighted by Crippen LogP contribution is 2.11. The Kier molecular flexibility index (Phi) is 6.59. The first-order chi connectivity index (χ1) is 11.1. The predicted molar refractivity (Wildman–Crippen MR) is 91.4 cm³/mol. The molecule has 5 heteroatoms. The molecule has 0 bridgehead atoms. The third-order valence-corrected chi connectivity index (χ3v) is 4.08. The summed E-state index contributed by atoms with van der Waals surface area (Å²) in [7, 11) is 0. The van der Waals surface area contributed by atoms with E-state index in [0.29, 0.717) is 13.1 Å². The predicted octanol–water partition coefficient (Wildman–Crippen LogP) is 1.67. The average molecular weight is 317 g/mol. The minimum atomic E-state index is 0.0744. The summed E-state index contributed by atoms with van der Waals surface area (Å²) in [5.41, 5.74) is 1.85. The van der Waals surface area contributed by atoms with Gasteiger partial charge in [0.1, 0.15) is 0 Å². The quantitative estimate of drug-likeness (QED) is 0.899. The van der Waals surface area contributed by atoms with E-state index in [9.17, 15) is 9.59 Å². The van der Waals surface area contributed by atoms with Gasteiger partial charge in [0.25, 0.3) is 5.91 Å². The van der Waals surface area contributed by atoms with Crippen molar-refractivity contribution < 1.29 is 9.59 Å². The summed E-state index contributed by atoms with van der Waals surface area (Å²) in [6.45, 7) is 8.22. The molecule has 0 radical (unpaired) electrons. The topological polar surface area (TPSA) is 52.7 Å². The van der Waals surface area contributed by atoms with Crippen molar-refractivity contribution in [2.75, 3.05) is 39.3 Å². The Morgan fingerprint density at radius 3 is 2.74 bits per heavy atom. The highest BCUT2D eigenvalue weighted by Gasteiger charge is 2.21. The van der Waals surface area contributed by atoms with Gasteiger partial charge in [0, 0.05) is 38.3 Å². The Morgan fingerprint density at radius 2 is 2.00 bits per heavy atom. The van der Waals surface area contributed by atoms with Crippen molar-refractivity contribution in [3.63, 3.8) is 0 Å². The van der Waals surface area contributed by atoms with Gasteiger partial charge in [0.15, 0.2) is 0 Å². The molecule has 0 spiro atoms. The molecule has 0 saturated carbocycles. The van der Waals surface area contributed by atoms with Gasteiger partial charge in [-0.25, -0.2) is 0 Å². The first-order valence-electron chi connectivity index (χ1n) is 8.45. The molecule has 1 saturated heterocycles. The van der Waals surface area contributed by atoms with Gasteiger partial charge in [0.2, 0.25) is 5.91 Å². The molecule has 1 aromatic rings. The summed E-state index contributed by atoms with van der Waals surface area (Å²) in [4.78, 5) is 28.5. The van der Waals surface area contributed by atoms with E-state index >= 15 is 0 Å². The molecule has 0 atom stereocenters. The van der Waals surface area contributed by atoms with Crippen LogP contribution >= 0.6 is 0 Å². The number of nitrogens with one attached hydrogen (secondary N) is 1. The standard InChI is InChI=1S/C18H27N3O2/c1-3-8-19-17(22)14-20-9-5-10-21(12-11-20)18(23)16-7-4-6-15(2)13-16/h4,6-7,13H,3,5,8-12,14H2,1-2H3,(H,19,22). The second-order valence-electron chi connectivity index (χ2n) is 6.14. The molecule has 1 aromatic carbocycles. The third-order valence-electron chi connectivity index (χ3n) is 4.08. The molecular formula is C18H27N3O2. The Hall–Kier alpha value is -1.88. The lowest BCUT2D eigenvalue weighted by Gasteiger charge is -2.22. The maximum atomic E-state index is 12.6. The molecule has 2 amide bonds. The van der Waals surface area contributed by atoms with Crippen molar-refractivity contribution in [2.24, 2.45) is 0 Å². The molecule has 1 aliphatic heterocycles. The van der Waals surface area contributed by atoms with E-state index in [0.717, 1.165) is 50.1 Å². The Bertz CT molecular complexity index is 545. The van der Waals surface area contributed by atoms with Crippen LogP contribution in [0.1, 0.15) is 35.7 Å². The lowest BCUT2D eigenvalue weighted by molar-refractivity contribution is -0.122. The maximum Gasteiger partial charge on any atom is 0.253 e. The summed E-state index contributed by atoms with van der Waals surface area (Å²) in [5, 5.41) is 2.90. The monoisotopic (exact) mass is 317 g/mol. The zero-order valence-corrected chi connectivity index (χ0v) is 14.2. The molecule has 1 heterocycles. The fourth-order valence-corrected chi connectivity index (χ4v) is 2.82. The number of amides is 2. The second-order valence-corrected chi connectivity index (χ2v) is 6.14. The molecule has 0 aromatic heterocycles. The average Bonchev–Trinajstić information content (AvgIpc) is 2.78. The zero-order valence-electron chi connectivity index (χ0n) is 14.2. The summed E-state index contributed by atoms with van der Waals surface area (Å²) in [6, 6.07) is 7.72. The minimum Gasteiger partial charge on any atom is -0.355 e. The van der Waals surface area contributed by atoms with Crippen molar-refractivity contribution in [3.05, 3.63) is 35.4 Å². The van der Waals surface area contributed by atoms with E-state index < -0.39 is 0 Å². The Labute approximate surface area is 138 Å². The molecule has 0 unspecified atom stereocenters. The third kappa shape index (κ3) is 5.36. The van der Waals surface area contributed by atoms with Crippen LogP contribution in [0.25, 0.3) is 0 Å². The maximum absolute atomic E-state index is 12.6. The second kappa shape index (κ2) is 8.67. The zero-order chi connectivity index (χ0) is 16.7. The molecular weight excluding hydrogens is 290 g/mol. The van der Waals surface area contributed by atoms with E-state index in [1.807, 2.05) is 43.0 Å². The van der Waals surface area contributed by atoms with Crippen LogP contribution in [0.5, 0.6) is 0 Å². The van der Waals surface area contributed by atoms with Crippen LogP contribution in [0.3, 0.4) is 0 Å². The summed E-state index contributed by atoms with van der Waals surface area (Å²) >= 11 is 0. The number of carbonyl (C=O) groups excluding carboxylic acids is 2. The number of rotatable bonds is 5. The van der Waals surface area contributed by atoms with Gasteiger partial charge < -0.3 is 10.2 Å². The number of benzene rings is 1. The minimum absolute atomic E-state index is 0.0744. The van der Waals surface area contributed by atoms with Crippen molar-refractivity contribution in [1.29, 1.82) is 0 Å². The number of carbonyl (C=O) groups is 2. The van der Waals surface area contributed by atoms with Gasteiger partial charge >= 0.3 is 0 Å². The van der Waals surface area contributed by atoms with E-state index in [2.05, 4.69) is 10.2 Å².